The van der Waals surface area contributed by atoms with Gasteiger partial charge in [-0.05, 0) is 79.6 Å². The fourth-order valence-electron chi connectivity index (χ4n) is 4.34. The molecule has 1 saturated heterocycles. The molecule has 32 heavy (non-hydrogen) atoms. The highest BCUT2D eigenvalue weighted by Crippen LogP contribution is 2.31. The van der Waals surface area contributed by atoms with E-state index in [-0.39, 0.29) is 23.9 Å². The molecule has 0 saturated carbocycles. The molecule has 2 heterocycles. The topological polar surface area (TPSA) is 42.7 Å². The molecule has 1 aliphatic heterocycles. The molecule has 162 valence electrons. The number of nitrogens with zero attached hydrogens (tertiary/aromatic N) is 1. The van der Waals surface area contributed by atoms with Crippen molar-refractivity contribution in [3.8, 4) is 22.5 Å². The van der Waals surface area contributed by atoms with E-state index >= 15 is 0 Å². The fourth-order valence-corrected chi connectivity index (χ4v) is 4.34. The van der Waals surface area contributed by atoms with Gasteiger partial charge in [0, 0.05) is 29.6 Å². The number of furan rings is 1. The Bertz CT molecular complexity index is 1270. The number of amides is 1. The van der Waals surface area contributed by atoms with E-state index in [9.17, 15) is 9.18 Å². The van der Waals surface area contributed by atoms with Crippen LogP contribution in [0.5, 0.6) is 0 Å². The van der Waals surface area contributed by atoms with Crippen molar-refractivity contribution in [2.45, 2.75) is 26.1 Å². The molecule has 0 bridgehead atoms. The molecule has 2 atom stereocenters. The molecular weight excluding hydrogens is 405 g/mol. The second-order valence-corrected chi connectivity index (χ2v) is 8.42. The van der Waals surface area contributed by atoms with Crippen LogP contribution in [-0.2, 0) is 4.74 Å². The maximum absolute atomic E-state index is 13.2. The maximum atomic E-state index is 13.2. The first-order valence-corrected chi connectivity index (χ1v) is 10.8. The highest BCUT2D eigenvalue weighted by molar-refractivity contribution is 5.96. The molecule has 0 spiro atoms. The van der Waals surface area contributed by atoms with Crippen LogP contribution in [0.4, 0.5) is 4.39 Å². The molecule has 5 rings (SSSR count). The molecular formula is C27H24FNO3. The van der Waals surface area contributed by atoms with E-state index in [1.54, 1.807) is 12.1 Å². The van der Waals surface area contributed by atoms with Crippen LogP contribution in [0.2, 0.25) is 0 Å². The Labute approximate surface area is 186 Å². The zero-order valence-electron chi connectivity index (χ0n) is 18.0. The summed E-state index contributed by atoms with van der Waals surface area (Å²) in [4.78, 5) is 15.0. The second kappa shape index (κ2) is 8.24. The second-order valence-electron chi connectivity index (χ2n) is 8.42. The third kappa shape index (κ3) is 4.04. The Hall–Kier alpha value is -3.44. The molecule has 1 aliphatic rings. The summed E-state index contributed by atoms with van der Waals surface area (Å²) in [7, 11) is 0. The minimum Gasteiger partial charge on any atom is -0.456 e. The quantitative estimate of drug-likeness (QED) is 0.392. The van der Waals surface area contributed by atoms with Gasteiger partial charge in [-0.1, -0.05) is 18.2 Å². The molecule has 0 radical (unpaired) electrons. The Morgan fingerprint density at radius 1 is 0.875 bits per heavy atom. The molecule has 5 heteroatoms. The van der Waals surface area contributed by atoms with Crippen LogP contribution in [-0.4, -0.2) is 36.1 Å². The van der Waals surface area contributed by atoms with Crippen LogP contribution in [0.1, 0.15) is 24.2 Å². The predicted molar refractivity (Wildman–Crippen MR) is 123 cm³/mol. The summed E-state index contributed by atoms with van der Waals surface area (Å²) in [6, 6.07) is 21.9. The zero-order valence-corrected chi connectivity index (χ0v) is 18.0. The third-order valence-electron chi connectivity index (χ3n) is 5.79. The lowest BCUT2D eigenvalue weighted by Gasteiger charge is -2.35. The molecule has 0 aliphatic carbocycles. The first kappa shape index (κ1) is 20.5. The molecule has 3 aromatic carbocycles. The van der Waals surface area contributed by atoms with Crippen LogP contribution in [0.25, 0.3) is 33.4 Å². The van der Waals surface area contributed by atoms with Crippen LogP contribution in [0, 0.1) is 5.82 Å². The Kier molecular flexibility index (Phi) is 5.27. The minimum absolute atomic E-state index is 0.0248. The average Bonchev–Trinajstić information content (AvgIpc) is 3.22. The average molecular weight is 429 g/mol. The molecule has 1 aromatic heterocycles. The third-order valence-corrected chi connectivity index (χ3v) is 5.79. The van der Waals surface area contributed by atoms with Crippen molar-refractivity contribution in [1.82, 2.24) is 4.90 Å². The molecule has 1 fully saturated rings. The molecule has 0 N–H and O–H groups in total. The largest absolute Gasteiger partial charge is 0.456 e. The Morgan fingerprint density at radius 3 is 2.31 bits per heavy atom. The van der Waals surface area contributed by atoms with E-state index in [2.05, 4.69) is 0 Å². The summed E-state index contributed by atoms with van der Waals surface area (Å²) in [6.45, 7) is 5.18. The molecule has 4 nitrogen and oxygen atoms in total. The van der Waals surface area contributed by atoms with Crippen molar-refractivity contribution in [3.63, 3.8) is 0 Å². The maximum Gasteiger partial charge on any atom is 0.254 e. The number of ether oxygens (including phenoxy) is 1. The van der Waals surface area contributed by atoms with Gasteiger partial charge in [-0.15, -0.1) is 0 Å². The van der Waals surface area contributed by atoms with Gasteiger partial charge in [0.05, 0.1) is 12.2 Å². The number of fused-ring (bicyclic) bond motifs is 1. The Morgan fingerprint density at radius 2 is 1.56 bits per heavy atom. The summed E-state index contributed by atoms with van der Waals surface area (Å²) < 4.78 is 24.9. The summed E-state index contributed by atoms with van der Waals surface area (Å²) in [5, 5.41) is 0.953. The van der Waals surface area contributed by atoms with E-state index in [0.717, 1.165) is 27.7 Å². The van der Waals surface area contributed by atoms with Gasteiger partial charge < -0.3 is 14.1 Å². The number of benzene rings is 3. The van der Waals surface area contributed by atoms with Gasteiger partial charge in [0.1, 0.15) is 17.2 Å². The standard InChI is InChI=1S/C27H24FNO3/c1-17-15-29(16-18(2)31-17)27(30)22-5-3-4-20(12-22)21-8-11-25-23(13-21)14-26(32-25)19-6-9-24(28)10-7-19/h3-14,17-18H,15-16H2,1-2H3. The van der Waals surface area contributed by atoms with E-state index in [4.69, 9.17) is 9.15 Å². The van der Waals surface area contributed by atoms with E-state index in [1.807, 2.05) is 67.3 Å². The number of morpholine rings is 1. The Balaban J connectivity index is 1.44. The first-order chi connectivity index (χ1) is 15.5. The summed E-state index contributed by atoms with van der Waals surface area (Å²) in [5.74, 6) is 0.441. The molecule has 1 amide bonds. The van der Waals surface area contributed by atoms with Gasteiger partial charge >= 0.3 is 0 Å². The number of hydrogen-bond donors (Lipinski definition) is 0. The lowest BCUT2D eigenvalue weighted by Crippen LogP contribution is -2.48. The molecule has 4 aromatic rings. The van der Waals surface area contributed by atoms with Gasteiger partial charge in [-0.25, -0.2) is 4.39 Å². The van der Waals surface area contributed by atoms with Crippen molar-refractivity contribution in [2.24, 2.45) is 0 Å². The van der Waals surface area contributed by atoms with E-state index in [0.29, 0.717) is 24.4 Å². The van der Waals surface area contributed by atoms with Crippen molar-refractivity contribution < 1.29 is 18.3 Å². The van der Waals surface area contributed by atoms with Gasteiger partial charge in [-0.2, -0.15) is 0 Å². The lowest BCUT2D eigenvalue weighted by molar-refractivity contribution is -0.0586. The smallest absolute Gasteiger partial charge is 0.254 e. The minimum atomic E-state index is -0.275. The van der Waals surface area contributed by atoms with Crippen molar-refractivity contribution >= 4 is 16.9 Å². The van der Waals surface area contributed by atoms with Crippen LogP contribution >= 0.6 is 0 Å². The zero-order chi connectivity index (χ0) is 22.2. The van der Waals surface area contributed by atoms with Crippen molar-refractivity contribution in [1.29, 1.82) is 0 Å². The highest BCUT2D eigenvalue weighted by atomic mass is 19.1. The van der Waals surface area contributed by atoms with E-state index in [1.165, 1.54) is 12.1 Å². The fraction of sp³-hybridized carbons (Fsp3) is 0.222. The monoisotopic (exact) mass is 429 g/mol. The number of halogens is 1. The van der Waals surface area contributed by atoms with E-state index < -0.39 is 0 Å². The van der Waals surface area contributed by atoms with Gasteiger partial charge in [0.15, 0.2) is 0 Å². The van der Waals surface area contributed by atoms with Crippen molar-refractivity contribution in [3.05, 3.63) is 84.2 Å². The van der Waals surface area contributed by atoms with Gasteiger partial charge in [-0.3, -0.25) is 4.79 Å². The first-order valence-electron chi connectivity index (χ1n) is 10.8. The van der Waals surface area contributed by atoms with Gasteiger partial charge in [0.25, 0.3) is 5.91 Å². The van der Waals surface area contributed by atoms with Crippen LogP contribution in [0.3, 0.4) is 0 Å². The SMILES string of the molecule is CC1CN(C(=O)c2cccc(-c3ccc4oc(-c5ccc(F)cc5)cc4c3)c2)CC(C)O1. The number of carbonyl (C=O) groups is 1. The van der Waals surface area contributed by atoms with Crippen LogP contribution in [0.15, 0.2) is 77.2 Å². The normalized spacial score (nSPS) is 18.8. The summed E-state index contributed by atoms with van der Waals surface area (Å²) in [5.41, 5.74) is 4.23. The molecule has 2 unspecified atom stereocenters. The summed E-state index contributed by atoms with van der Waals surface area (Å²) >= 11 is 0. The van der Waals surface area contributed by atoms with Crippen LogP contribution < -0.4 is 0 Å². The number of carbonyl (C=O) groups excluding carboxylic acids is 1. The highest BCUT2D eigenvalue weighted by Gasteiger charge is 2.26. The number of hydrogen-bond acceptors (Lipinski definition) is 3. The van der Waals surface area contributed by atoms with Gasteiger partial charge in [0.2, 0.25) is 0 Å². The summed E-state index contributed by atoms with van der Waals surface area (Å²) in [6.07, 6.45) is 0.0642. The number of rotatable bonds is 3. The van der Waals surface area contributed by atoms with Crippen molar-refractivity contribution in [2.75, 3.05) is 13.1 Å². The predicted octanol–water partition coefficient (Wildman–Crippen LogP) is 6.16. The lowest BCUT2D eigenvalue weighted by atomic mass is 10.0.